The second kappa shape index (κ2) is 8.81. The lowest BCUT2D eigenvalue weighted by Gasteiger charge is -2.29. The van der Waals surface area contributed by atoms with E-state index in [2.05, 4.69) is 5.10 Å². The number of aromatic nitrogens is 2. The highest BCUT2D eigenvalue weighted by Crippen LogP contribution is 2.23. The number of ether oxygens (including phenoxy) is 1. The summed E-state index contributed by atoms with van der Waals surface area (Å²) in [5.41, 5.74) is 3.85. The maximum absolute atomic E-state index is 14.6. The maximum Gasteiger partial charge on any atom is 0.185 e. The van der Waals surface area contributed by atoms with Gasteiger partial charge in [0.2, 0.25) is 0 Å². The van der Waals surface area contributed by atoms with E-state index in [-0.39, 0.29) is 17.2 Å². The van der Waals surface area contributed by atoms with Crippen LogP contribution in [-0.2, 0) is 4.74 Å². The Morgan fingerprint density at radius 3 is 2.45 bits per heavy atom. The molecule has 0 saturated carbocycles. The number of nitrogens with zero attached hydrogens (tertiary/aromatic N) is 3. The van der Waals surface area contributed by atoms with Crippen molar-refractivity contribution in [3.05, 3.63) is 82.7 Å². The number of carbonyl (C=O) groups excluding carboxylic acids is 1. The molecule has 0 atom stereocenters. The third-order valence-corrected chi connectivity index (χ3v) is 5.40. The first kappa shape index (κ1) is 20.9. The third-order valence-electron chi connectivity index (χ3n) is 5.40. The minimum absolute atomic E-state index is 0.284. The van der Waals surface area contributed by atoms with Crippen LogP contribution in [-0.4, -0.2) is 41.9 Å². The predicted octanol–water partition coefficient (Wildman–Crippen LogP) is 4.50. The molecule has 31 heavy (non-hydrogen) atoms. The number of aryl methyl sites for hydroxylation is 1. The van der Waals surface area contributed by atoms with Gasteiger partial charge in [-0.3, -0.25) is 4.79 Å². The molecule has 1 aromatic heterocycles. The molecule has 2 aromatic carbocycles. The van der Waals surface area contributed by atoms with E-state index in [1.165, 1.54) is 24.3 Å². The Morgan fingerprint density at radius 2 is 1.77 bits per heavy atom. The molecule has 1 saturated heterocycles. The number of rotatable bonds is 5. The summed E-state index contributed by atoms with van der Waals surface area (Å²) in [7, 11) is 0. The van der Waals surface area contributed by atoms with Crippen molar-refractivity contribution in [2.45, 2.75) is 13.8 Å². The molecule has 2 heterocycles. The molecule has 5 nitrogen and oxygen atoms in total. The van der Waals surface area contributed by atoms with Crippen molar-refractivity contribution < 1.29 is 18.3 Å². The molecule has 7 heteroatoms. The lowest BCUT2D eigenvalue weighted by atomic mass is 10.1. The normalized spacial score (nSPS) is 14.4. The van der Waals surface area contributed by atoms with Crippen molar-refractivity contribution in [2.24, 2.45) is 0 Å². The van der Waals surface area contributed by atoms with E-state index in [4.69, 9.17) is 4.74 Å². The predicted molar refractivity (Wildman–Crippen MR) is 116 cm³/mol. The summed E-state index contributed by atoms with van der Waals surface area (Å²) in [5, 5.41) is 4.49. The van der Waals surface area contributed by atoms with Crippen molar-refractivity contribution in [3.8, 4) is 5.69 Å². The van der Waals surface area contributed by atoms with Gasteiger partial charge in [-0.25, -0.2) is 13.5 Å². The molecular weight excluding hydrogens is 400 g/mol. The van der Waals surface area contributed by atoms with Gasteiger partial charge in [0.05, 0.1) is 30.3 Å². The largest absolute Gasteiger partial charge is 0.378 e. The fraction of sp³-hybridized carbons (Fsp3) is 0.250. The fourth-order valence-corrected chi connectivity index (χ4v) is 3.71. The Balaban J connectivity index is 1.54. The zero-order valence-electron chi connectivity index (χ0n) is 17.4. The van der Waals surface area contributed by atoms with Crippen LogP contribution in [0.5, 0.6) is 0 Å². The standard InChI is InChI=1S/C24H23F2N3O2/c1-16-21(17(2)29(27-16)20-6-4-19(25)5-7-20)8-10-24(30)18-3-9-23(22(26)15-18)28-11-13-31-14-12-28/h3-10,15H,11-14H2,1-2H3/b10-8+. The van der Waals surface area contributed by atoms with Crippen LogP contribution in [0, 0.1) is 25.5 Å². The van der Waals surface area contributed by atoms with Crippen molar-refractivity contribution in [1.82, 2.24) is 9.78 Å². The minimum atomic E-state index is -0.419. The summed E-state index contributed by atoms with van der Waals surface area (Å²) in [6.45, 7) is 6.10. The number of morpholine rings is 1. The van der Waals surface area contributed by atoms with E-state index in [0.717, 1.165) is 22.6 Å². The van der Waals surface area contributed by atoms with Gasteiger partial charge in [-0.15, -0.1) is 0 Å². The molecule has 0 spiro atoms. The maximum atomic E-state index is 14.6. The number of hydrogen-bond donors (Lipinski definition) is 0. The Kier molecular flexibility index (Phi) is 5.95. The molecule has 0 aliphatic carbocycles. The van der Waals surface area contributed by atoms with Crippen molar-refractivity contribution in [2.75, 3.05) is 31.2 Å². The number of halogens is 2. The van der Waals surface area contributed by atoms with Crippen LogP contribution in [0.1, 0.15) is 27.3 Å². The van der Waals surface area contributed by atoms with E-state index in [1.54, 1.807) is 35.0 Å². The second-order valence-corrected chi connectivity index (χ2v) is 7.44. The van der Waals surface area contributed by atoms with Gasteiger partial charge in [0.1, 0.15) is 11.6 Å². The lowest BCUT2D eigenvalue weighted by Crippen LogP contribution is -2.36. The first-order chi connectivity index (χ1) is 14.9. The smallest absolute Gasteiger partial charge is 0.185 e. The quantitative estimate of drug-likeness (QED) is 0.448. The molecule has 3 aromatic rings. The van der Waals surface area contributed by atoms with Crippen molar-refractivity contribution in [3.63, 3.8) is 0 Å². The fourth-order valence-electron chi connectivity index (χ4n) is 3.71. The molecule has 1 aliphatic rings. The number of carbonyl (C=O) groups is 1. The molecule has 0 bridgehead atoms. The molecule has 160 valence electrons. The highest BCUT2D eigenvalue weighted by Gasteiger charge is 2.17. The van der Waals surface area contributed by atoms with Gasteiger partial charge < -0.3 is 9.64 Å². The van der Waals surface area contributed by atoms with Crippen LogP contribution in [0.25, 0.3) is 11.8 Å². The van der Waals surface area contributed by atoms with Crippen LogP contribution < -0.4 is 4.90 Å². The molecule has 0 amide bonds. The summed E-state index contributed by atoms with van der Waals surface area (Å²) >= 11 is 0. The summed E-state index contributed by atoms with van der Waals surface area (Å²) < 4.78 is 34.8. The van der Waals surface area contributed by atoms with Crippen LogP contribution in [0.15, 0.2) is 48.5 Å². The van der Waals surface area contributed by atoms with Gasteiger partial charge >= 0.3 is 0 Å². The Bertz CT molecular complexity index is 1130. The van der Waals surface area contributed by atoms with E-state index in [9.17, 15) is 13.6 Å². The highest BCUT2D eigenvalue weighted by molar-refractivity contribution is 6.07. The summed E-state index contributed by atoms with van der Waals surface area (Å²) in [4.78, 5) is 14.6. The van der Waals surface area contributed by atoms with Gasteiger partial charge in [-0.05, 0) is 68.5 Å². The zero-order valence-corrected chi connectivity index (χ0v) is 17.4. The van der Waals surface area contributed by atoms with Crippen LogP contribution in [0.4, 0.5) is 14.5 Å². The van der Waals surface area contributed by atoms with E-state index >= 15 is 0 Å². The monoisotopic (exact) mass is 423 g/mol. The molecule has 1 fully saturated rings. The number of anilines is 1. The SMILES string of the molecule is Cc1nn(-c2ccc(F)cc2)c(C)c1/C=C/C(=O)c1ccc(N2CCOCC2)c(F)c1. The Hall–Kier alpha value is -3.32. The molecule has 0 unspecified atom stereocenters. The van der Waals surface area contributed by atoms with Gasteiger partial charge in [0.25, 0.3) is 0 Å². The Morgan fingerprint density at radius 1 is 1.06 bits per heavy atom. The summed E-state index contributed by atoms with van der Waals surface area (Å²) in [6.07, 6.45) is 3.11. The van der Waals surface area contributed by atoms with Gasteiger partial charge in [-0.1, -0.05) is 0 Å². The Labute approximate surface area is 179 Å². The minimum Gasteiger partial charge on any atom is -0.378 e. The molecule has 1 aliphatic heterocycles. The lowest BCUT2D eigenvalue weighted by molar-refractivity contribution is 0.104. The summed E-state index contributed by atoms with van der Waals surface area (Å²) in [5.74, 6) is -1.03. The zero-order chi connectivity index (χ0) is 22.0. The third kappa shape index (κ3) is 4.41. The number of hydrogen-bond acceptors (Lipinski definition) is 4. The van der Waals surface area contributed by atoms with Gasteiger partial charge in [-0.2, -0.15) is 5.10 Å². The van der Waals surface area contributed by atoms with E-state index < -0.39 is 5.82 Å². The van der Waals surface area contributed by atoms with E-state index in [1.807, 2.05) is 18.7 Å². The number of ketones is 1. The average Bonchev–Trinajstić information content (AvgIpc) is 3.06. The van der Waals surface area contributed by atoms with Crippen molar-refractivity contribution >= 4 is 17.5 Å². The van der Waals surface area contributed by atoms with Crippen LogP contribution >= 0.6 is 0 Å². The van der Waals surface area contributed by atoms with Gasteiger partial charge in [0, 0.05) is 29.9 Å². The number of allylic oxidation sites excluding steroid dienone is 1. The first-order valence-electron chi connectivity index (χ1n) is 10.1. The average molecular weight is 423 g/mol. The molecule has 0 N–H and O–H groups in total. The first-order valence-corrected chi connectivity index (χ1v) is 10.1. The van der Waals surface area contributed by atoms with Crippen molar-refractivity contribution in [1.29, 1.82) is 0 Å². The second-order valence-electron chi connectivity index (χ2n) is 7.44. The molecular formula is C24H23F2N3O2. The number of benzene rings is 2. The topological polar surface area (TPSA) is 47.4 Å². The summed E-state index contributed by atoms with van der Waals surface area (Å²) in [6, 6.07) is 10.6. The van der Waals surface area contributed by atoms with Gasteiger partial charge in [0.15, 0.2) is 5.78 Å². The van der Waals surface area contributed by atoms with E-state index in [0.29, 0.717) is 32.0 Å². The molecule has 0 radical (unpaired) electrons. The van der Waals surface area contributed by atoms with Crippen LogP contribution in [0.3, 0.4) is 0 Å². The molecule has 4 rings (SSSR count). The highest BCUT2D eigenvalue weighted by atomic mass is 19.1. The van der Waals surface area contributed by atoms with Crippen LogP contribution in [0.2, 0.25) is 0 Å².